The Balaban J connectivity index is 2.12. The number of halogens is 1. The monoisotopic (exact) mass is 363 g/mol. The van der Waals surface area contributed by atoms with Gasteiger partial charge in [0.2, 0.25) is 10.0 Å². The first kappa shape index (κ1) is 17.8. The number of carbonyl (C=O) groups excluding carboxylic acids is 1. The lowest BCUT2D eigenvalue weighted by Gasteiger charge is -2.09. The highest BCUT2D eigenvalue weighted by molar-refractivity contribution is 7.92. The summed E-state index contributed by atoms with van der Waals surface area (Å²) in [5, 5.41) is 11.5. The largest absolute Gasteiger partial charge is 0.322 e. The van der Waals surface area contributed by atoms with Crippen LogP contribution in [0.25, 0.3) is 0 Å². The van der Waals surface area contributed by atoms with Gasteiger partial charge in [-0.2, -0.15) is 5.26 Å². The van der Waals surface area contributed by atoms with E-state index in [1.807, 2.05) is 6.07 Å². The van der Waals surface area contributed by atoms with Crippen molar-refractivity contribution in [1.82, 2.24) is 0 Å². The molecule has 0 atom stereocenters. The summed E-state index contributed by atoms with van der Waals surface area (Å²) in [6.45, 7) is 0. The number of anilines is 2. The maximum atomic E-state index is 12.2. The molecule has 8 heteroatoms. The predicted molar refractivity (Wildman–Crippen MR) is 93.6 cm³/mol. The molecule has 0 saturated heterocycles. The van der Waals surface area contributed by atoms with E-state index in [4.69, 9.17) is 16.9 Å². The minimum absolute atomic E-state index is 0.123. The molecular formula is C16H14ClN3O3S. The number of rotatable bonds is 5. The molecule has 0 saturated carbocycles. The fraction of sp³-hybridized carbons (Fsp3) is 0.125. The predicted octanol–water partition coefficient (Wildman–Crippen LogP) is 3.03. The second-order valence-electron chi connectivity index (χ2n) is 5.05. The molecule has 124 valence electrons. The average molecular weight is 364 g/mol. The van der Waals surface area contributed by atoms with Gasteiger partial charge in [-0.25, -0.2) is 8.42 Å². The summed E-state index contributed by atoms with van der Waals surface area (Å²) in [4.78, 5) is 12.2. The van der Waals surface area contributed by atoms with E-state index >= 15 is 0 Å². The van der Waals surface area contributed by atoms with Crippen LogP contribution in [0.15, 0.2) is 42.5 Å². The van der Waals surface area contributed by atoms with Gasteiger partial charge >= 0.3 is 0 Å². The topological polar surface area (TPSA) is 99.1 Å². The molecule has 2 N–H and O–H groups in total. The molecule has 0 unspecified atom stereocenters. The van der Waals surface area contributed by atoms with Crippen LogP contribution in [0.5, 0.6) is 0 Å². The highest BCUT2D eigenvalue weighted by Crippen LogP contribution is 2.24. The van der Waals surface area contributed by atoms with Crippen molar-refractivity contribution >= 4 is 38.9 Å². The Morgan fingerprint density at radius 2 is 1.88 bits per heavy atom. The summed E-state index contributed by atoms with van der Waals surface area (Å²) in [6.07, 6.45) is 1.32. The number of hydrogen-bond acceptors (Lipinski definition) is 4. The highest BCUT2D eigenvalue weighted by Gasteiger charge is 2.11. The van der Waals surface area contributed by atoms with Crippen molar-refractivity contribution in [2.75, 3.05) is 16.3 Å². The van der Waals surface area contributed by atoms with Crippen LogP contribution in [0.2, 0.25) is 5.02 Å². The van der Waals surface area contributed by atoms with Gasteiger partial charge in [-0.3, -0.25) is 9.52 Å². The van der Waals surface area contributed by atoms with Crippen molar-refractivity contribution in [3.63, 3.8) is 0 Å². The van der Waals surface area contributed by atoms with Gasteiger partial charge in [0.1, 0.15) is 0 Å². The Labute approximate surface area is 145 Å². The summed E-state index contributed by atoms with van der Waals surface area (Å²) >= 11 is 6.00. The normalized spacial score (nSPS) is 10.7. The molecule has 0 aromatic heterocycles. The third-order valence-electron chi connectivity index (χ3n) is 3.02. The minimum atomic E-state index is -3.45. The maximum Gasteiger partial charge on any atom is 0.255 e. The first-order valence-electron chi connectivity index (χ1n) is 6.83. The van der Waals surface area contributed by atoms with Gasteiger partial charge in [0.05, 0.1) is 29.5 Å². The van der Waals surface area contributed by atoms with Crippen molar-refractivity contribution in [3.05, 3.63) is 58.6 Å². The van der Waals surface area contributed by atoms with Crippen LogP contribution in [0, 0.1) is 11.3 Å². The molecule has 0 aliphatic carbocycles. The van der Waals surface area contributed by atoms with Gasteiger partial charge in [0.25, 0.3) is 5.91 Å². The molecular weight excluding hydrogens is 350 g/mol. The Bertz CT molecular complexity index is 903. The molecule has 2 rings (SSSR count). The van der Waals surface area contributed by atoms with Crippen molar-refractivity contribution in [2.45, 2.75) is 6.42 Å². The van der Waals surface area contributed by atoms with Gasteiger partial charge in [-0.15, -0.1) is 0 Å². The van der Waals surface area contributed by atoms with Gasteiger partial charge in [-0.1, -0.05) is 23.7 Å². The smallest absolute Gasteiger partial charge is 0.255 e. The Morgan fingerprint density at radius 1 is 1.21 bits per heavy atom. The van der Waals surface area contributed by atoms with Crippen LogP contribution in [0.3, 0.4) is 0 Å². The van der Waals surface area contributed by atoms with E-state index in [-0.39, 0.29) is 16.6 Å². The molecule has 2 aromatic carbocycles. The number of sulfonamides is 1. The second kappa shape index (κ2) is 7.34. The molecule has 6 nitrogen and oxygen atoms in total. The molecule has 2 aromatic rings. The van der Waals surface area contributed by atoms with Crippen molar-refractivity contribution in [2.24, 2.45) is 0 Å². The first-order valence-corrected chi connectivity index (χ1v) is 9.10. The summed E-state index contributed by atoms with van der Waals surface area (Å²) in [5.41, 5.74) is 1.93. The van der Waals surface area contributed by atoms with E-state index in [0.29, 0.717) is 17.7 Å². The number of nitrogens with one attached hydrogen (secondary N) is 2. The molecule has 0 aliphatic heterocycles. The molecule has 0 radical (unpaired) electrons. The number of benzene rings is 2. The van der Waals surface area contributed by atoms with E-state index in [0.717, 1.165) is 11.8 Å². The maximum absolute atomic E-state index is 12.2. The molecule has 24 heavy (non-hydrogen) atoms. The fourth-order valence-corrected chi connectivity index (χ4v) is 2.80. The van der Waals surface area contributed by atoms with Crippen molar-refractivity contribution < 1.29 is 13.2 Å². The lowest BCUT2D eigenvalue weighted by molar-refractivity contribution is 0.102. The summed E-state index contributed by atoms with van der Waals surface area (Å²) in [7, 11) is -3.45. The van der Waals surface area contributed by atoms with E-state index in [1.165, 1.54) is 18.2 Å². The standard InChI is InChI=1S/C16H14ClN3O3S/c1-24(22,23)20-15-7-4-12(10-14(15)17)16(21)19-13-5-2-11(3-6-13)8-9-18/h2-7,10,20H,8H2,1H3,(H,19,21). The van der Waals surface area contributed by atoms with Crippen LogP contribution in [-0.2, 0) is 16.4 Å². The molecule has 0 bridgehead atoms. The number of hydrogen-bond donors (Lipinski definition) is 2. The fourth-order valence-electron chi connectivity index (χ4n) is 1.94. The van der Waals surface area contributed by atoms with Gasteiger partial charge < -0.3 is 5.32 Å². The lowest BCUT2D eigenvalue weighted by Crippen LogP contribution is -2.13. The molecule has 0 heterocycles. The SMILES string of the molecule is CS(=O)(=O)Nc1ccc(C(=O)Nc2ccc(CC#N)cc2)cc1Cl. The zero-order chi connectivity index (χ0) is 17.7. The zero-order valence-corrected chi connectivity index (χ0v) is 14.3. The van der Waals surface area contributed by atoms with Crippen molar-refractivity contribution in [1.29, 1.82) is 5.26 Å². The molecule has 0 fully saturated rings. The van der Waals surface area contributed by atoms with Gasteiger partial charge in [-0.05, 0) is 35.9 Å². The molecule has 0 spiro atoms. The third-order valence-corrected chi connectivity index (χ3v) is 3.93. The summed E-state index contributed by atoms with van der Waals surface area (Å²) < 4.78 is 24.7. The van der Waals surface area contributed by atoms with Gasteiger partial charge in [0.15, 0.2) is 0 Å². The van der Waals surface area contributed by atoms with E-state index < -0.39 is 10.0 Å². The number of nitrogens with zero attached hydrogens (tertiary/aromatic N) is 1. The summed E-state index contributed by atoms with van der Waals surface area (Å²) in [6, 6.07) is 13.2. The molecule has 1 amide bonds. The number of amides is 1. The van der Waals surface area contributed by atoms with Crippen molar-refractivity contribution in [3.8, 4) is 6.07 Å². The Hall–Kier alpha value is -2.56. The van der Waals surface area contributed by atoms with Crippen LogP contribution in [0.1, 0.15) is 15.9 Å². The molecule has 0 aliphatic rings. The van der Waals surface area contributed by atoms with Crippen LogP contribution in [0.4, 0.5) is 11.4 Å². The Morgan fingerprint density at radius 3 is 2.42 bits per heavy atom. The summed E-state index contributed by atoms with van der Waals surface area (Å²) in [5.74, 6) is -0.379. The second-order valence-corrected chi connectivity index (χ2v) is 7.21. The average Bonchev–Trinajstić information content (AvgIpc) is 2.50. The number of nitriles is 1. The minimum Gasteiger partial charge on any atom is -0.322 e. The quantitative estimate of drug-likeness (QED) is 0.852. The van der Waals surface area contributed by atoms with Crippen LogP contribution < -0.4 is 10.0 Å². The highest BCUT2D eigenvalue weighted by atomic mass is 35.5. The van der Waals surface area contributed by atoms with Gasteiger partial charge in [0, 0.05) is 11.3 Å². The Kier molecular flexibility index (Phi) is 5.44. The third kappa shape index (κ3) is 4.98. The van der Waals surface area contributed by atoms with E-state index in [9.17, 15) is 13.2 Å². The van der Waals surface area contributed by atoms with E-state index in [2.05, 4.69) is 10.0 Å². The lowest BCUT2D eigenvalue weighted by atomic mass is 10.1. The number of carbonyl (C=O) groups is 1. The first-order chi connectivity index (χ1) is 11.3. The van der Waals surface area contributed by atoms with Crippen LogP contribution in [-0.4, -0.2) is 20.6 Å². The zero-order valence-electron chi connectivity index (χ0n) is 12.7. The van der Waals surface area contributed by atoms with E-state index in [1.54, 1.807) is 24.3 Å². The van der Waals surface area contributed by atoms with Crippen LogP contribution >= 0.6 is 11.6 Å².